The third-order valence-corrected chi connectivity index (χ3v) is 3.20. The number of benzene rings is 1. The van der Waals surface area contributed by atoms with Crippen molar-refractivity contribution in [2.75, 3.05) is 13.2 Å². The number of carbonyl (C=O) groups is 1. The highest BCUT2D eigenvalue weighted by atomic mass is 16.6. The summed E-state index contributed by atoms with van der Waals surface area (Å²) in [6.45, 7) is 0.946. The van der Waals surface area contributed by atoms with Gasteiger partial charge in [-0.2, -0.15) is 5.26 Å². The van der Waals surface area contributed by atoms with Crippen molar-refractivity contribution in [1.29, 1.82) is 5.26 Å². The topological polar surface area (TPSA) is 72.2 Å². The zero-order valence-corrected chi connectivity index (χ0v) is 11.2. The molecule has 0 radical (unpaired) electrons. The van der Waals surface area contributed by atoms with E-state index < -0.39 is 5.92 Å². The van der Waals surface area contributed by atoms with Crippen molar-refractivity contribution in [3.63, 3.8) is 0 Å². The number of fused-ring (bicyclic) bond motifs is 1. The molecule has 1 aliphatic rings. The minimum absolute atomic E-state index is 0.298. The van der Waals surface area contributed by atoms with Crippen molar-refractivity contribution in [3.8, 4) is 17.6 Å². The summed E-state index contributed by atoms with van der Waals surface area (Å²) in [6.07, 6.45) is 1.57. The fraction of sp³-hybridized carbons (Fsp3) is 0.188. The molecule has 3 rings (SSSR count). The number of nitrogens with zero attached hydrogens (tertiary/aromatic N) is 2. The summed E-state index contributed by atoms with van der Waals surface area (Å²) >= 11 is 0. The van der Waals surface area contributed by atoms with Crippen molar-refractivity contribution in [2.24, 2.45) is 0 Å². The van der Waals surface area contributed by atoms with Crippen molar-refractivity contribution in [2.45, 2.75) is 5.92 Å². The molecule has 0 fully saturated rings. The predicted molar refractivity (Wildman–Crippen MR) is 74.4 cm³/mol. The monoisotopic (exact) mass is 280 g/mol. The van der Waals surface area contributed by atoms with E-state index in [0.717, 1.165) is 0 Å². The Balaban J connectivity index is 1.92. The van der Waals surface area contributed by atoms with Crippen LogP contribution in [0.5, 0.6) is 11.5 Å². The molecular weight excluding hydrogens is 268 g/mol. The summed E-state index contributed by atoms with van der Waals surface area (Å²) in [5, 5.41) is 9.28. The second-order valence-corrected chi connectivity index (χ2v) is 4.54. The molecular formula is C16H12N2O3. The largest absolute Gasteiger partial charge is 0.486 e. The number of aromatic nitrogens is 1. The molecule has 1 aromatic carbocycles. The Morgan fingerprint density at radius 3 is 2.71 bits per heavy atom. The zero-order chi connectivity index (χ0) is 14.7. The molecule has 1 aromatic heterocycles. The van der Waals surface area contributed by atoms with Gasteiger partial charge in [-0.05, 0) is 30.3 Å². The summed E-state index contributed by atoms with van der Waals surface area (Å²) in [4.78, 5) is 16.6. The standard InChI is InChI=1S/C16H12N2O3/c17-10-12(13-3-1-2-6-18-13)16(19)11-4-5-14-15(9-11)21-8-7-20-14/h1-6,9,12H,7-8H2. The molecule has 5 nitrogen and oxygen atoms in total. The van der Waals surface area contributed by atoms with Crippen molar-refractivity contribution in [1.82, 2.24) is 4.98 Å². The number of nitriles is 1. The molecule has 0 saturated heterocycles. The molecule has 21 heavy (non-hydrogen) atoms. The van der Waals surface area contributed by atoms with Gasteiger partial charge in [0.05, 0.1) is 11.8 Å². The first-order valence-electron chi connectivity index (χ1n) is 6.54. The lowest BCUT2D eigenvalue weighted by atomic mass is 9.95. The van der Waals surface area contributed by atoms with Crippen LogP contribution in [0.15, 0.2) is 42.6 Å². The summed E-state index contributed by atoms with van der Waals surface area (Å²) in [5.74, 6) is -0.0733. The Morgan fingerprint density at radius 2 is 2.00 bits per heavy atom. The molecule has 2 heterocycles. The van der Waals surface area contributed by atoms with Crippen LogP contribution >= 0.6 is 0 Å². The average Bonchev–Trinajstić information content (AvgIpc) is 2.56. The second-order valence-electron chi connectivity index (χ2n) is 4.54. The molecule has 104 valence electrons. The molecule has 0 amide bonds. The SMILES string of the molecule is N#CC(C(=O)c1ccc2c(c1)OCCO2)c1ccccn1. The lowest BCUT2D eigenvalue weighted by Gasteiger charge is -2.19. The van der Waals surface area contributed by atoms with E-state index in [1.54, 1.807) is 42.6 Å². The third kappa shape index (κ3) is 2.56. The second kappa shape index (κ2) is 5.63. The average molecular weight is 280 g/mol. The fourth-order valence-corrected chi connectivity index (χ4v) is 2.17. The lowest BCUT2D eigenvalue weighted by Crippen LogP contribution is -2.17. The number of ether oxygens (including phenoxy) is 2. The van der Waals surface area contributed by atoms with Crippen LogP contribution in [0.2, 0.25) is 0 Å². The number of ketones is 1. The first kappa shape index (κ1) is 13.1. The van der Waals surface area contributed by atoms with Crippen LogP contribution in [0.1, 0.15) is 22.0 Å². The lowest BCUT2D eigenvalue weighted by molar-refractivity contribution is 0.0976. The molecule has 5 heteroatoms. The van der Waals surface area contributed by atoms with Gasteiger partial charge >= 0.3 is 0 Å². The van der Waals surface area contributed by atoms with E-state index >= 15 is 0 Å². The van der Waals surface area contributed by atoms with Crippen LogP contribution < -0.4 is 9.47 Å². The van der Waals surface area contributed by atoms with Crippen LogP contribution in [-0.2, 0) is 0 Å². The molecule has 0 bridgehead atoms. The van der Waals surface area contributed by atoms with Gasteiger partial charge in [-0.15, -0.1) is 0 Å². The molecule has 0 N–H and O–H groups in total. The summed E-state index contributed by atoms with van der Waals surface area (Å²) in [7, 11) is 0. The summed E-state index contributed by atoms with van der Waals surface area (Å²) < 4.78 is 10.9. The smallest absolute Gasteiger partial charge is 0.186 e. The maximum Gasteiger partial charge on any atom is 0.186 e. The fourth-order valence-electron chi connectivity index (χ4n) is 2.17. The minimum atomic E-state index is -0.922. The Kier molecular flexibility index (Phi) is 3.52. The van der Waals surface area contributed by atoms with E-state index in [1.807, 2.05) is 6.07 Å². The van der Waals surface area contributed by atoms with Crippen LogP contribution in [0.3, 0.4) is 0 Å². The number of rotatable bonds is 3. The van der Waals surface area contributed by atoms with Crippen LogP contribution in [0, 0.1) is 11.3 Å². The third-order valence-electron chi connectivity index (χ3n) is 3.20. The van der Waals surface area contributed by atoms with Crippen LogP contribution in [0.4, 0.5) is 0 Å². The molecule has 0 spiro atoms. The van der Waals surface area contributed by atoms with E-state index in [-0.39, 0.29) is 5.78 Å². The molecule has 0 saturated carbocycles. The quantitative estimate of drug-likeness (QED) is 0.807. The van der Waals surface area contributed by atoms with E-state index in [9.17, 15) is 10.1 Å². The Labute approximate surface area is 121 Å². The highest BCUT2D eigenvalue weighted by Crippen LogP contribution is 2.32. The van der Waals surface area contributed by atoms with Crippen molar-refractivity contribution >= 4 is 5.78 Å². The van der Waals surface area contributed by atoms with Crippen molar-refractivity contribution < 1.29 is 14.3 Å². The van der Waals surface area contributed by atoms with E-state index in [4.69, 9.17) is 9.47 Å². The van der Waals surface area contributed by atoms with Gasteiger partial charge in [0.25, 0.3) is 0 Å². The van der Waals surface area contributed by atoms with Gasteiger partial charge in [-0.3, -0.25) is 9.78 Å². The van der Waals surface area contributed by atoms with Gasteiger partial charge in [0.1, 0.15) is 13.2 Å². The maximum absolute atomic E-state index is 12.5. The van der Waals surface area contributed by atoms with Gasteiger partial charge < -0.3 is 9.47 Å². The number of hydrogen-bond donors (Lipinski definition) is 0. The van der Waals surface area contributed by atoms with Crippen LogP contribution in [0.25, 0.3) is 0 Å². The van der Waals surface area contributed by atoms with E-state index in [0.29, 0.717) is 36.0 Å². The molecule has 0 aliphatic carbocycles. The Hall–Kier alpha value is -2.87. The number of carbonyl (C=O) groups excluding carboxylic acids is 1. The van der Waals surface area contributed by atoms with Crippen molar-refractivity contribution in [3.05, 3.63) is 53.9 Å². The number of Topliss-reactive ketones (excluding diaryl/α,β-unsaturated/α-hetero) is 1. The predicted octanol–water partition coefficient (Wildman–Crippen LogP) is 2.34. The maximum atomic E-state index is 12.5. The summed E-state index contributed by atoms with van der Waals surface area (Å²) in [6, 6.07) is 12.1. The number of pyridine rings is 1. The summed E-state index contributed by atoms with van der Waals surface area (Å²) in [5.41, 5.74) is 0.858. The molecule has 1 unspecified atom stereocenters. The van der Waals surface area contributed by atoms with Gasteiger partial charge in [0.15, 0.2) is 23.2 Å². The van der Waals surface area contributed by atoms with Crippen LogP contribution in [-0.4, -0.2) is 24.0 Å². The van der Waals surface area contributed by atoms with Gasteiger partial charge in [0.2, 0.25) is 0 Å². The Bertz CT molecular complexity index is 707. The van der Waals surface area contributed by atoms with Gasteiger partial charge in [0, 0.05) is 11.8 Å². The van der Waals surface area contributed by atoms with E-state index in [2.05, 4.69) is 4.98 Å². The highest BCUT2D eigenvalue weighted by Gasteiger charge is 2.24. The normalized spacial score (nSPS) is 14.0. The van der Waals surface area contributed by atoms with Gasteiger partial charge in [-0.1, -0.05) is 6.07 Å². The first-order chi connectivity index (χ1) is 10.3. The Morgan fingerprint density at radius 1 is 1.19 bits per heavy atom. The first-order valence-corrected chi connectivity index (χ1v) is 6.54. The van der Waals surface area contributed by atoms with E-state index in [1.165, 1.54) is 0 Å². The molecule has 1 atom stereocenters. The molecule has 1 aliphatic heterocycles. The zero-order valence-electron chi connectivity index (χ0n) is 11.2. The number of hydrogen-bond acceptors (Lipinski definition) is 5. The highest BCUT2D eigenvalue weighted by molar-refractivity contribution is 6.03. The van der Waals surface area contributed by atoms with Gasteiger partial charge in [-0.25, -0.2) is 0 Å². The minimum Gasteiger partial charge on any atom is -0.486 e. The molecule has 2 aromatic rings.